The smallest absolute Gasteiger partial charge is 0.326 e. The Morgan fingerprint density at radius 3 is 2.00 bits per heavy atom. The molecule has 2 aliphatic rings. The van der Waals surface area contributed by atoms with Gasteiger partial charge in [-0.2, -0.15) is 11.8 Å². The summed E-state index contributed by atoms with van der Waals surface area (Å²) in [5.74, 6) is -5.85. The monoisotopic (exact) mass is 1010 g/mol. The van der Waals surface area contributed by atoms with Crippen LogP contribution in [0, 0.1) is 0 Å². The van der Waals surface area contributed by atoms with Crippen LogP contribution < -0.4 is 43.8 Å². The molecule has 0 bridgehead atoms. The van der Waals surface area contributed by atoms with Gasteiger partial charge < -0.3 is 73.9 Å². The molecule has 3 aromatic rings. The molecule has 7 amide bonds. The Hall–Kier alpha value is -6.92. The highest BCUT2D eigenvalue weighted by Gasteiger charge is 2.41. The number of aliphatic hydroxyl groups excluding tert-OH is 1. The summed E-state index contributed by atoms with van der Waals surface area (Å²) >= 11 is 1.53. The number of carboxylic acid groups (broad SMARTS) is 1. The zero-order chi connectivity index (χ0) is 51.8. The normalized spacial score (nSPS) is 18.0. The van der Waals surface area contributed by atoms with E-state index in [0.717, 1.165) is 10.9 Å². The van der Waals surface area contributed by atoms with Gasteiger partial charge in [-0.25, -0.2) is 4.79 Å². The summed E-state index contributed by atoms with van der Waals surface area (Å²) in [6.45, 7) is 0.999. The Morgan fingerprint density at radius 1 is 0.775 bits per heavy atom. The predicted octanol–water partition coefficient (Wildman–Crippen LogP) is -1.70. The number of aromatic amines is 1. The number of fused-ring (bicyclic) bond motifs is 1. The summed E-state index contributed by atoms with van der Waals surface area (Å²) < 4.78 is 0. The first kappa shape index (κ1) is 55.0. The third-order valence-electron chi connectivity index (χ3n) is 12.5. The number of hydrogen-bond donors (Lipinski definition) is 12. The van der Waals surface area contributed by atoms with Gasteiger partial charge in [-0.15, -0.1) is 0 Å². The van der Waals surface area contributed by atoms with Crippen molar-refractivity contribution in [1.82, 2.24) is 41.4 Å². The van der Waals surface area contributed by atoms with Gasteiger partial charge in [-0.05, 0) is 93.2 Å². The predicted molar refractivity (Wildman–Crippen MR) is 264 cm³/mol. The van der Waals surface area contributed by atoms with Gasteiger partial charge in [0.1, 0.15) is 48.0 Å². The fraction of sp³-hybridized carbons (Fsp3) is 0.511. The molecule has 2 fully saturated rings. The maximum atomic E-state index is 14.6. The average molecular weight is 1010 g/mol. The number of aliphatic carboxylic acids is 1. The number of aromatic nitrogens is 1. The van der Waals surface area contributed by atoms with Gasteiger partial charge in [-0.1, -0.05) is 30.3 Å². The number of phenolic OH excluding ortho intramolecular Hbond substituents is 1. The van der Waals surface area contributed by atoms with Crippen LogP contribution in [0.3, 0.4) is 0 Å². The molecule has 8 atom stereocenters. The minimum absolute atomic E-state index is 0.0103. The number of benzene rings is 2. The van der Waals surface area contributed by atoms with Gasteiger partial charge in [0.25, 0.3) is 0 Å². The molecule has 15 N–H and O–H groups in total. The highest BCUT2D eigenvalue weighted by molar-refractivity contribution is 7.98. The van der Waals surface area contributed by atoms with E-state index in [4.69, 9.17) is 17.2 Å². The zero-order valence-corrected chi connectivity index (χ0v) is 40.6. The second kappa shape index (κ2) is 26.3. The number of H-pyrrole nitrogens is 1. The Kier molecular flexibility index (Phi) is 20.4. The molecule has 23 nitrogen and oxygen atoms in total. The number of rotatable bonds is 25. The van der Waals surface area contributed by atoms with E-state index >= 15 is 0 Å². The summed E-state index contributed by atoms with van der Waals surface area (Å²) in [4.78, 5) is 119. The Morgan fingerprint density at radius 2 is 1.38 bits per heavy atom. The van der Waals surface area contributed by atoms with Crippen molar-refractivity contribution in [3.8, 4) is 5.75 Å². The van der Waals surface area contributed by atoms with Crippen molar-refractivity contribution in [1.29, 1.82) is 0 Å². The van der Waals surface area contributed by atoms with Crippen molar-refractivity contribution in [3.63, 3.8) is 0 Å². The lowest BCUT2D eigenvalue weighted by atomic mass is 10.0. The number of likely N-dealkylation sites (tertiary alicyclic amines) is 2. The van der Waals surface area contributed by atoms with Crippen LogP contribution in [0.2, 0.25) is 0 Å². The molecule has 5 rings (SSSR count). The lowest BCUT2D eigenvalue weighted by Gasteiger charge is -2.31. The van der Waals surface area contributed by atoms with Gasteiger partial charge in [0, 0.05) is 49.6 Å². The van der Waals surface area contributed by atoms with Crippen LogP contribution in [0.1, 0.15) is 63.0 Å². The quantitative estimate of drug-likeness (QED) is 0.0256. The molecular formula is C47H66N12O11S. The van der Waals surface area contributed by atoms with Crippen molar-refractivity contribution < 1.29 is 53.7 Å². The fourth-order valence-electron chi connectivity index (χ4n) is 8.62. The number of hydrogen-bond acceptors (Lipinski definition) is 13. The lowest BCUT2D eigenvalue weighted by Crippen LogP contribution is -2.60. The number of amides is 7. The molecule has 71 heavy (non-hydrogen) atoms. The second-order valence-electron chi connectivity index (χ2n) is 17.6. The Bertz CT molecular complexity index is 2400. The van der Waals surface area contributed by atoms with Crippen molar-refractivity contribution in [2.75, 3.05) is 38.2 Å². The van der Waals surface area contributed by atoms with Crippen molar-refractivity contribution in [2.45, 2.75) is 113 Å². The summed E-state index contributed by atoms with van der Waals surface area (Å²) in [5.41, 5.74) is 18.7. The lowest BCUT2D eigenvalue weighted by molar-refractivity contribution is -0.143. The highest BCUT2D eigenvalue weighted by Crippen LogP contribution is 2.24. The van der Waals surface area contributed by atoms with Crippen LogP contribution in [-0.2, 0) is 51.2 Å². The number of carbonyl (C=O) groups is 8. The summed E-state index contributed by atoms with van der Waals surface area (Å²) in [5, 5.41) is 43.8. The van der Waals surface area contributed by atoms with Crippen LogP contribution in [0.4, 0.5) is 0 Å². The van der Waals surface area contributed by atoms with Gasteiger partial charge in [0.2, 0.25) is 41.4 Å². The minimum Gasteiger partial charge on any atom is -0.508 e. The van der Waals surface area contributed by atoms with Crippen LogP contribution in [0.25, 0.3) is 10.9 Å². The third-order valence-corrected chi connectivity index (χ3v) is 13.1. The molecular weight excluding hydrogens is 941 g/mol. The van der Waals surface area contributed by atoms with Crippen LogP contribution in [-0.4, -0.2) is 170 Å². The van der Waals surface area contributed by atoms with E-state index in [-0.39, 0.29) is 63.4 Å². The second-order valence-corrected chi connectivity index (χ2v) is 18.6. The molecule has 2 aromatic carbocycles. The first-order valence-electron chi connectivity index (χ1n) is 23.5. The molecule has 3 heterocycles. The van der Waals surface area contributed by atoms with Crippen LogP contribution in [0.5, 0.6) is 5.75 Å². The number of guanidine groups is 1. The molecule has 386 valence electrons. The van der Waals surface area contributed by atoms with Crippen LogP contribution in [0.15, 0.2) is 59.7 Å². The van der Waals surface area contributed by atoms with E-state index in [1.807, 2.05) is 24.5 Å². The number of aliphatic imine (C=N–C) groups is 1. The van der Waals surface area contributed by atoms with E-state index in [9.17, 15) is 53.7 Å². The molecule has 24 heteroatoms. The first-order chi connectivity index (χ1) is 33.9. The SMILES string of the molecule is CSCC[C@@H](N)C(=O)N1CCC[C@@H]1C(=O)N[C@H](CO)C(=O)N[C@H](Cc1ccc(O)cc1)C(=O)N1CCC[C@H]1C(=O)N[C@H](Cc1c[nH]c2ccccc12)C(=O)N[C@H](C)C(=O)N[C@H](CCCN=C(N)N)C(=O)O. The summed E-state index contributed by atoms with van der Waals surface area (Å²) in [6.07, 6.45) is 5.37. The number of carbonyl (C=O) groups excluding carboxylic acids is 7. The molecule has 2 saturated heterocycles. The van der Waals surface area contributed by atoms with Gasteiger partial charge >= 0.3 is 5.97 Å². The van der Waals surface area contributed by atoms with E-state index in [1.165, 1.54) is 40.6 Å². The first-order valence-corrected chi connectivity index (χ1v) is 24.9. The molecule has 0 radical (unpaired) electrons. The van der Waals surface area contributed by atoms with Crippen molar-refractivity contribution in [2.24, 2.45) is 22.2 Å². The minimum atomic E-state index is -1.54. The number of nitrogens with one attached hydrogen (secondary N) is 6. The number of nitrogens with two attached hydrogens (primary N) is 3. The topological polar surface area (TPSA) is 370 Å². The Labute approximate surface area is 414 Å². The van der Waals surface area contributed by atoms with E-state index < -0.39 is 102 Å². The maximum absolute atomic E-state index is 14.6. The molecule has 0 unspecified atom stereocenters. The Balaban J connectivity index is 1.33. The number of aromatic hydroxyl groups is 1. The number of carboxylic acids is 1. The summed E-state index contributed by atoms with van der Waals surface area (Å²) in [7, 11) is 0. The van der Waals surface area contributed by atoms with Gasteiger partial charge in [0.05, 0.1) is 12.6 Å². The van der Waals surface area contributed by atoms with E-state index in [2.05, 4.69) is 36.6 Å². The maximum Gasteiger partial charge on any atom is 0.326 e. The molecule has 0 aliphatic carbocycles. The average Bonchev–Trinajstić information content (AvgIpc) is 4.14. The third kappa shape index (κ3) is 15.3. The molecule has 2 aliphatic heterocycles. The number of nitrogens with zero attached hydrogens (tertiary/aromatic N) is 3. The zero-order valence-electron chi connectivity index (χ0n) is 39.8. The van der Waals surface area contributed by atoms with Gasteiger partial charge in [-0.3, -0.25) is 38.6 Å². The standard InChI is InChI=1S/C47H66N12O11S/c1-26(39(62)54-33(46(69)70)10-5-18-51-47(49)50)53-40(63)34(23-28-24-52-32-9-4-3-8-30(28)32)55-42(65)38-12-7-20-59(38)45(68)35(22-27-13-15-29(61)16-14-27)56-41(64)36(25-60)57-43(66)37-11-6-19-58(37)44(67)31(48)17-21-71-2/h3-4,8-9,13-16,24,26,31,33-38,52,60-61H,5-7,10-12,17-23,25,48H2,1-2H3,(H,53,63)(H,54,62)(H,55,65)(H,56,64)(H,57,66)(H,69,70)(H4,49,50,51)/t26-,31-,33-,34-,35-,36-,37-,38+/m1/s1. The van der Waals surface area contributed by atoms with Crippen LogP contribution >= 0.6 is 11.8 Å². The van der Waals surface area contributed by atoms with Crippen molar-refractivity contribution in [3.05, 3.63) is 65.9 Å². The van der Waals surface area contributed by atoms with Gasteiger partial charge in [0.15, 0.2) is 5.96 Å². The number of para-hydroxylation sites is 1. The van der Waals surface area contributed by atoms with E-state index in [0.29, 0.717) is 42.6 Å². The molecule has 0 spiro atoms. The fourth-order valence-corrected chi connectivity index (χ4v) is 9.11. The largest absolute Gasteiger partial charge is 0.508 e. The highest BCUT2D eigenvalue weighted by atomic mass is 32.2. The van der Waals surface area contributed by atoms with E-state index in [1.54, 1.807) is 24.4 Å². The molecule has 1 aromatic heterocycles. The molecule has 0 saturated carbocycles. The summed E-state index contributed by atoms with van der Waals surface area (Å²) in [6, 6.07) is 3.46. The van der Waals surface area contributed by atoms with Crippen molar-refractivity contribution >= 4 is 75.9 Å². The number of thioether (sulfide) groups is 1. The number of phenols is 1. The number of aliphatic hydroxyl groups is 1.